The van der Waals surface area contributed by atoms with Gasteiger partial charge in [0.2, 0.25) is 0 Å². The second-order valence-electron chi connectivity index (χ2n) is 4.99. The van der Waals surface area contributed by atoms with E-state index in [9.17, 15) is 4.79 Å². The number of methoxy groups -OCH3 is 1. The summed E-state index contributed by atoms with van der Waals surface area (Å²) in [7, 11) is 1.48. The Kier molecular flexibility index (Phi) is 2.44. The van der Waals surface area contributed by atoms with Crippen molar-refractivity contribution in [3.05, 3.63) is 0 Å². The molecule has 2 heteroatoms. The third-order valence-electron chi connectivity index (χ3n) is 4.37. The van der Waals surface area contributed by atoms with Crippen molar-refractivity contribution in [1.82, 2.24) is 0 Å². The van der Waals surface area contributed by atoms with Crippen LogP contribution in [0, 0.1) is 16.7 Å². The molecule has 0 N–H and O–H groups in total. The van der Waals surface area contributed by atoms with Gasteiger partial charge in [-0.25, -0.2) is 0 Å². The summed E-state index contributed by atoms with van der Waals surface area (Å²) in [5.74, 6) is 0.540. The third-order valence-corrected chi connectivity index (χ3v) is 4.37. The molecular weight excluding hydrogens is 164 g/mol. The maximum Gasteiger partial charge on any atom is 0.312 e. The van der Waals surface area contributed by atoms with E-state index < -0.39 is 0 Å². The Morgan fingerprint density at radius 3 is 2.23 bits per heavy atom. The quantitative estimate of drug-likeness (QED) is 0.585. The number of ether oxygens (including phenoxy) is 1. The fourth-order valence-electron chi connectivity index (χ4n) is 2.32. The zero-order valence-electron chi connectivity index (χ0n) is 9.31. The van der Waals surface area contributed by atoms with Gasteiger partial charge in [0.05, 0.1) is 12.5 Å². The van der Waals surface area contributed by atoms with Crippen LogP contribution in [0.15, 0.2) is 0 Å². The average molecular weight is 184 g/mol. The van der Waals surface area contributed by atoms with Crippen LogP contribution in [-0.4, -0.2) is 13.1 Å². The van der Waals surface area contributed by atoms with E-state index in [1.165, 1.54) is 7.11 Å². The fourth-order valence-corrected chi connectivity index (χ4v) is 2.32. The highest BCUT2D eigenvalue weighted by molar-refractivity contribution is 5.77. The van der Waals surface area contributed by atoms with E-state index in [4.69, 9.17) is 4.74 Å². The van der Waals surface area contributed by atoms with Crippen molar-refractivity contribution in [2.75, 3.05) is 7.11 Å². The van der Waals surface area contributed by atoms with Crippen LogP contribution in [0.3, 0.4) is 0 Å². The van der Waals surface area contributed by atoms with Gasteiger partial charge in [0, 0.05) is 0 Å². The normalized spacial score (nSPS) is 37.5. The van der Waals surface area contributed by atoms with E-state index in [1.54, 1.807) is 0 Å². The lowest BCUT2D eigenvalue weighted by atomic mass is 9.66. The van der Waals surface area contributed by atoms with E-state index in [0.29, 0.717) is 5.92 Å². The van der Waals surface area contributed by atoms with Crippen LogP contribution in [0.25, 0.3) is 0 Å². The molecule has 1 aliphatic rings. The smallest absolute Gasteiger partial charge is 0.312 e. The van der Waals surface area contributed by atoms with Crippen molar-refractivity contribution < 1.29 is 9.53 Å². The summed E-state index contributed by atoms with van der Waals surface area (Å²) < 4.78 is 4.88. The van der Waals surface area contributed by atoms with Crippen LogP contribution >= 0.6 is 0 Å². The van der Waals surface area contributed by atoms with Crippen molar-refractivity contribution in [3.63, 3.8) is 0 Å². The van der Waals surface area contributed by atoms with Gasteiger partial charge in [-0.15, -0.1) is 0 Å². The van der Waals surface area contributed by atoms with Gasteiger partial charge >= 0.3 is 5.97 Å². The molecule has 1 aliphatic carbocycles. The van der Waals surface area contributed by atoms with Crippen LogP contribution in [0.2, 0.25) is 0 Å². The standard InChI is InChI=1S/C11H20O2/c1-8-6-7-11(4,9(12)13-5)10(8,2)3/h8H,6-7H2,1-5H3/t8?,11-/m0/s1. The predicted octanol–water partition coefficient (Wildman–Crippen LogP) is 2.62. The molecule has 0 spiro atoms. The second kappa shape index (κ2) is 3.00. The van der Waals surface area contributed by atoms with Gasteiger partial charge in [0.1, 0.15) is 0 Å². The summed E-state index contributed by atoms with van der Waals surface area (Å²) in [6, 6.07) is 0. The number of rotatable bonds is 1. The molecule has 0 saturated heterocycles. The molecule has 2 nitrogen and oxygen atoms in total. The van der Waals surface area contributed by atoms with Crippen molar-refractivity contribution in [1.29, 1.82) is 0 Å². The Morgan fingerprint density at radius 2 is 1.92 bits per heavy atom. The topological polar surface area (TPSA) is 26.3 Å². The Balaban J connectivity index is 2.98. The molecule has 1 rings (SSSR count). The molecular formula is C11H20O2. The van der Waals surface area contributed by atoms with Crippen molar-refractivity contribution in [3.8, 4) is 0 Å². The van der Waals surface area contributed by atoms with Gasteiger partial charge in [0.15, 0.2) is 0 Å². The van der Waals surface area contributed by atoms with Crippen molar-refractivity contribution in [2.45, 2.75) is 40.5 Å². The summed E-state index contributed by atoms with van der Waals surface area (Å²) in [4.78, 5) is 11.7. The molecule has 0 aromatic heterocycles. The molecule has 1 unspecified atom stereocenters. The lowest BCUT2D eigenvalue weighted by Gasteiger charge is -2.38. The third kappa shape index (κ3) is 1.27. The largest absolute Gasteiger partial charge is 0.469 e. The molecule has 0 heterocycles. The molecule has 0 bridgehead atoms. The Hall–Kier alpha value is -0.530. The van der Waals surface area contributed by atoms with E-state index in [2.05, 4.69) is 20.8 Å². The SMILES string of the molecule is COC(=O)[C@]1(C)CCC(C)C1(C)C. The minimum absolute atomic E-state index is 0.0538. The highest BCUT2D eigenvalue weighted by atomic mass is 16.5. The first-order chi connectivity index (χ1) is 5.86. The number of hydrogen-bond acceptors (Lipinski definition) is 2. The monoisotopic (exact) mass is 184 g/mol. The molecule has 2 atom stereocenters. The molecule has 76 valence electrons. The van der Waals surface area contributed by atoms with Crippen LogP contribution < -0.4 is 0 Å². The Morgan fingerprint density at radius 1 is 1.38 bits per heavy atom. The minimum Gasteiger partial charge on any atom is -0.469 e. The molecule has 1 fully saturated rings. The van der Waals surface area contributed by atoms with Gasteiger partial charge in [-0.1, -0.05) is 20.8 Å². The number of carbonyl (C=O) groups is 1. The summed E-state index contributed by atoms with van der Waals surface area (Å²) in [5.41, 5.74) is -0.235. The maximum absolute atomic E-state index is 11.7. The minimum atomic E-state index is -0.291. The predicted molar refractivity (Wildman–Crippen MR) is 52.3 cm³/mol. The summed E-state index contributed by atoms with van der Waals surface area (Å²) in [6.07, 6.45) is 2.08. The van der Waals surface area contributed by atoms with E-state index in [-0.39, 0.29) is 16.8 Å². The molecule has 0 amide bonds. The number of hydrogen-bond donors (Lipinski definition) is 0. The Bertz CT molecular complexity index is 220. The zero-order chi connectivity index (χ0) is 10.3. The maximum atomic E-state index is 11.7. The fraction of sp³-hybridized carbons (Fsp3) is 0.909. The molecule has 0 aromatic carbocycles. The van der Waals surface area contributed by atoms with Gasteiger partial charge in [-0.3, -0.25) is 4.79 Å². The number of esters is 1. The lowest BCUT2D eigenvalue weighted by Crippen LogP contribution is -2.40. The van der Waals surface area contributed by atoms with Gasteiger partial charge in [-0.2, -0.15) is 0 Å². The average Bonchev–Trinajstić information content (AvgIpc) is 2.29. The first-order valence-corrected chi connectivity index (χ1v) is 4.94. The first-order valence-electron chi connectivity index (χ1n) is 4.94. The van der Waals surface area contributed by atoms with Gasteiger partial charge in [-0.05, 0) is 31.1 Å². The zero-order valence-corrected chi connectivity index (χ0v) is 9.31. The van der Waals surface area contributed by atoms with Gasteiger partial charge in [0.25, 0.3) is 0 Å². The van der Waals surface area contributed by atoms with E-state index >= 15 is 0 Å². The van der Waals surface area contributed by atoms with Crippen LogP contribution in [0.5, 0.6) is 0 Å². The number of carbonyl (C=O) groups excluding carboxylic acids is 1. The van der Waals surface area contributed by atoms with Crippen LogP contribution in [0.1, 0.15) is 40.5 Å². The highest BCUT2D eigenvalue weighted by Gasteiger charge is 2.54. The molecule has 0 radical (unpaired) electrons. The van der Waals surface area contributed by atoms with Crippen LogP contribution in [0.4, 0.5) is 0 Å². The van der Waals surface area contributed by atoms with Crippen LogP contribution in [-0.2, 0) is 9.53 Å². The van der Waals surface area contributed by atoms with E-state index in [1.807, 2.05) is 6.92 Å². The van der Waals surface area contributed by atoms with Crippen molar-refractivity contribution >= 4 is 5.97 Å². The van der Waals surface area contributed by atoms with E-state index in [0.717, 1.165) is 12.8 Å². The Labute approximate surface area is 80.7 Å². The molecule has 13 heavy (non-hydrogen) atoms. The molecule has 0 aromatic rings. The summed E-state index contributed by atoms with van der Waals surface area (Å²) in [6.45, 7) is 8.58. The first kappa shape index (κ1) is 10.6. The summed E-state index contributed by atoms with van der Waals surface area (Å²) in [5, 5.41) is 0. The second-order valence-corrected chi connectivity index (χ2v) is 4.99. The molecule has 0 aliphatic heterocycles. The highest BCUT2D eigenvalue weighted by Crippen LogP contribution is 2.56. The van der Waals surface area contributed by atoms with Crippen molar-refractivity contribution in [2.24, 2.45) is 16.7 Å². The summed E-state index contributed by atoms with van der Waals surface area (Å²) >= 11 is 0. The van der Waals surface area contributed by atoms with Gasteiger partial charge < -0.3 is 4.74 Å². The molecule has 1 saturated carbocycles. The lowest BCUT2D eigenvalue weighted by molar-refractivity contribution is -0.158.